The highest BCUT2D eigenvalue weighted by molar-refractivity contribution is 7.89. The lowest BCUT2D eigenvalue weighted by Crippen LogP contribution is -2.36. The minimum Gasteiger partial charge on any atom is -0.322 e. The molecule has 2 aromatic rings. The van der Waals surface area contributed by atoms with Crippen molar-refractivity contribution in [2.75, 3.05) is 25.5 Å². The third-order valence-corrected chi connectivity index (χ3v) is 7.77. The van der Waals surface area contributed by atoms with Crippen molar-refractivity contribution in [1.29, 1.82) is 0 Å². The monoisotopic (exact) mass is 441 g/mol. The van der Waals surface area contributed by atoms with Gasteiger partial charge in [0.1, 0.15) is 0 Å². The molecule has 2 aromatic carbocycles. The number of anilines is 1. The van der Waals surface area contributed by atoms with Crippen LogP contribution < -0.4 is 5.32 Å². The van der Waals surface area contributed by atoms with Crippen molar-refractivity contribution in [2.45, 2.75) is 31.1 Å². The predicted molar refractivity (Wildman–Crippen MR) is 115 cm³/mol. The van der Waals surface area contributed by atoms with Crippen LogP contribution in [0.2, 0.25) is 0 Å². The Morgan fingerprint density at radius 3 is 2.32 bits per heavy atom. The number of hydrogen-bond acceptors (Lipinski definition) is 5. The normalized spacial score (nSPS) is 17.0. The smallest absolute Gasteiger partial charge is 0.261 e. The molecule has 8 nitrogen and oxygen atoms in total. The van der Waals surface area contributed by atoms with Crippen LogP contribution in [0.5, 0.6) is 0 Å². The molecule has 9 heteroatoms. The molecule has 0 aliphatic carbocycles. The zero-order valence-corrected chi connectivity index (χ0v) is 18.2. The molecule has 1 N–H and O–H groups in total. The van der Waals surface area contributed by atoms with Gasteiger partial charge in [0, 0.05) is 31.4 Å². The lowest BCUT2D eigenvalue weighted by molar-refractivity contribution is 0.0693. The van der Waals surface area contributed by atoms with Crippen molar-refractivity contribution in [1.82, 2.24) is 9.21 Å². The molecule has 3 amide bonds. The molecular formula is C22H23N3O5S. The first-order valence-corrected chi connectivity index (χ1v) is 11.5. The molecule has 0 unspecified atom stereocenters. The molecule has 0 bridgehead atoms. The van der Waals surface area contributed by atoms with E-state index in [-0.39, 0.29) is 21.6 Å². The van der Waals surface area contributed by atoms with Crippen LogP contribution in [0.25, 0.3) is 0 Å². The fraction of sp³-hybridized carbons (Fsp3) is 0.318. The number of nitrogens with zero attached hydrogens (tertiary/aromatic N) is 2. The summed E-state index contributed by atoms with van der Waals surface area (Å²) in [5, 5.41) is 2.70. The Hall–Kier alpha value is -3.04. The van der Waals surface area contributed by atoms with Gasteiger partial charge in [-0.1, -0.05) is 12.5 Å². The average molecular weight is 442 g/mol. The zero-order chi connectivity index (χ0) is 22.3. The van der Waals surface area contributed by atoms with Crippen LogP contribution in [0.4, 0.5) is 5.69 Å². The Labute approximate surface area is 180 Å². The highest BCUT2D eigenvalue weighted by atomic mass is 32.2. The first kappa shape index (κ1) is 21.2. The zero-order valence-electron chi connectivity index (χ0n) is 17.3. The topological polar surface area (TPSA) is 104 Å². The number of piperidine rings is 1. The minimum atomic E-state index is -3.65. The molecule has 0 saturated carbocycles. The molecule has 31 heavy (non-hydrogen) atoms. The second-order valence-electron chi connectivity index (χ2n) is 7.83. The van der Waals surface area contributed by atoms with Gasteiger partial charge in [-0.2, -0.15) is 4.31 Å². The molecule has 4 rings (SSSR count). The van der Waals surface area contributed by atoms with Crippen molar-refractivity contribution in [3.05, 3.63) is 58.7 Å². The summed E-state index contributed by atoms with van der Waals surface area (Å²) in [6, 6.07) is 9.07. The summed E-state index contributed by atoms with van der Waals surface area (Å²) in [4.78, 5) is 38.1. The molecule has 1 saturated heterocycles. The third-order valence-electron chi connectivity index (χ3n) is 5.73. The van der Waals surface area contributed by atoms with Crippen LogP contribution in [0.1, 0.15) is 55.9 Å². The van der Waals surface area contributed by atoms with Gasteiger partial charge in [-0.25, -0.2) is 8.42 Å². The quantitative estimate of drug-likeness (QED) is 0.735. The Balaban J connectivity index is 1.60. The standard InChI is InChI=1S/C22H23N3O5S/c1-14-6-8-16(13-19(14)31(29,30)25-10-4-3-5-11-25)23-20(26)15-7-9-17-18(12-15)22(28)24(2)21(17)27/h6-9,12-13H,3-5,10-11H2,1-2H3,(H,23,26). The summed E-state index contributed by atoms with van der Waals surface area (Å²) in [7, 11) is -2.26. The van der Waals surface area contributed by atoms with Crippen LogP contribution in [-0.4, -0.2) is 55.5 Å². The summed E-state index contributed by atoms with van der Waals surface area (Å²) in [5.74, 6) is -1.36. The van der Waals surface area contributed by atoms with Crippen LogP contribution in [0.3, 0.4) is 0 Å². The SMILES string of the molecule is Cc1ccc(NC(=O)c2ccc3c(c2)C(=O)N(C)C3=O)cc1S(=O)(=O)N1CCCCC1. The number of nitrogens with one attached hydrogen (secondary N) is 1. The first-order chi connectivity index (χ1) is 14.7. The number of aryl methyl sites for hydroxylation is 1. The van der Waals surface area contributed by atoms with Crippen molar-refractivity contribution in [2.24, 2.45) is 0 Å². The molecule has 1 fully saturated rings. The van der Waals surface area contributed by atoms with E-state index < -0.39 is 27.7 Å². The summed E-state index contributed by atoms with van der Waals surface area (Å²) in [6.45, 7) is 2.71. The van der Waals surface area contributed by atoms with Gasteiger partial charge in [0.05, 0.1) is 16.0 Å². The summed E-state index contributed by atoms with van der Waals surface area (Å²) >= 11 is 0. The second kappa shape index (κ2) is 7.90. The van der Waals surface area contributed by atoms with Gasteiger partial charge in [0.2, 0.25) is 10.0 Å². The van der Waals surface area contributed by atoms with Gasteiger partial charge in [0.25, 0.3) is 17.7 Å². The number of sulfonamides is 1. The van der Waals surface area contributed by atoms with E-state index in [1.54, 1.807) is 19.1 Å². The molecule has 0 spiro atoms. The molecular weight excluding hydrogens is 418 g/mol. The molecule has 0 atom stereocenters. The van der Waals surface area contributed by atoms with Crippen LogP contribution >= 0.6 is 0 Å². The lowest BCUT2D eigenvalue weighted by Gasteiger charge is -2.26. The third kappa shape index (κ3) is 3.75. The lowest BCUT2D eigenvalue weighted by atomic mass is 10.1. The van der Waals surface area contributed by atoms with E-state index >= 15 is 0 Å². The first-order valence-electron chi connectivity index (χ1n) is 10.1. The highest BCUT2D eigenvalue weighted by Crippen LogP contribution is 2.27. The number of hydrogen-bond donors (Lipinski definition) is 1. The Morgan fingerprint density at radius 1 is 0.935 bits per heavy atom. The maximum atomic E-state index is 13.1. The van der Waals surface area contributed by atoms with Crippen LogP contribution in [-0.2, 0) is 10.0 Å². The van der Waals surface area contributed by atoms with Crippen LogP contribution in [0.15, 0.2) is 41.3 Å². The van der Waals surface area contributed by atoms with Crippen molar-refractivity contribution >= 4 is 33.4 Å². The number of rotatable bonds is 4. The summed E-state index contributed by atoms with van der Waals surface area (Å²) < 4.78 is 27.7. The van der Waals surface area contributed by atoms with E-state index in [2.05, 4.69) is 5.32 Å². The maximum absolute atomic E-state index is 13.1. The summed E-state index contributed by atoms with van der Waals surface area (Å²) in [5.41, 5.74) is 1.59. The van der Waals surface area contributed by atoms with E-state index in [1.807, 2.05) is 0 Å². The molecule has 0 aromatic heterocycles. The Morgan fingerprint density at radius 2 is 1.61 bits per heavy atom. The fourth-order valence-corrected chi connectivity index (χ4v) is 5.67. The highest BCUT2D eigenvalue weighted by Gasteiger charge is 2.33. The second-order valence-corrected chi connectivity index (χ2v) is 9.74. The molecule has 2 aliphatic heterocycles. The van der Waals surface area contributed by atoms with Gasteiger partial charge in [0.15, 0.2) is 0 Å². The van der Waals surface area contributed by atoms with E-state index in [0.29, 0.717) is 24.3 Å². The number of fused-ring (bicyclic) bond motifs is 1. The van der Waals surface area contributed by atoms with Crippen LogP contribution in [0, 0.1) is 6.92 Å². The van der Waals surface area contributed by atoms with Gasteiger partial charge >= 0.3 is 0 Å². The summed E-state index contributed by atoms with van der Waals surface area (Å²) in [6.07, 6.45) is 2.69. The average Bonchev–Trinajstić information content (AvgIpc) is 2.99. The van der Waals surface area contributed by atoms with Gasteiger partial charge in [-0.15, -0.1) is 0 Å². The van der Waals surface area contributed by atoms with Gasteiger partial charge < -0.3 is 5.32 Å². The number of carbonyl (C=O) groups is 3. The van der Waals surface area contributed by atoms with E-state index in [1.165, 1.54) is 35.6 Å². The number of benzene rings is 2. The number of amides is 3. The maximum Gasteiger partial charge on any atom is 0.261 e. The van der Waals surface area contributed by atoms with E-state index in [4.69, 9.17) is 0 Å². The Bertz CT molecular complexity index is 1200. The molecule has 2 aliphatic rings. The molecule has 0 radical (unpaired) electrons. The van der Waals surface area contributed by atoms with E-state index in [9.17, 15) is 22.8 Å². The van der Waals surface area contributed by atoms with E-state index in [0.717, 1.165) is 24.2 Å². The number of imide groups is 1. The molecule has 162 valence electrons. The number of carbonyl (C=O) groups excluding carboxylic acids is 3. The molecule has 2 heterocycles. The largest absolute Gasteiger partial charge is 0.322 e. The van der Waals surface area contributed by atoms with Gasteiger partial charge in [-0.05, 0) is 55.7 Å². The van der Waals surface area contributed by atoms with Crippen molar-refractivity contribution in [3.63, 3.8) is 0 Å². The Kier molecular flexibility index (Phi) is 5.40. The van der Waals surface area contributed by atoms with Crippen molar-refractivity contribution in [3.8, 4) is 0 Å². The van der Waals surface area contributed by atoms with Crippen molar-refractivity contribution < 1.29 is 22.8 Å². The predicted octanol–water partition coefficient (Wildman–Crippen LogP) is 2.65. The minimum absolute atomic E-state index is 0.170. The van der Waals surface area contributed by atoms with Gasteiger partial charge in [-0.3, -0.25) is 19.3 Å². The fourth-order valence-electron chi connectivity index (χ4n) is 3.91.